The summed E-state index contributed by atoms with van der Waals surface area (Å²) in [5.74, 6) is 0. The molecule has 0 atom stereocenters. The molecule has 4 heteroatoms. The summed E-state index contributed by atoms with van der Waals surface area (Å²) < 4.78 is 15.7. The lowest BCUT2D eigenvalue weighted by Crippen LogP contribution is -2.31. The maximum Gasteiger partial charge on any atom is 0.169 e. The van der Waals surface area contributed by atoms with Crippen LogP contribution in [0.3, 0.4) is 0 Å². The Labute approximate surface area is 220 Å². The molecule has 188 valence electrons. The van der Waals surface area contributed by atoms with Gasteiger partial charge in [0.05, 0.1) is 13.2 Å². The molecule has 0 unspecified atom stereocenters. The Balaban J connectivity index is 1.00. The van der Waals surface area contributed by atoms with E-state index in [9.17, 15) is 0 Å². The highest BCUT2D eigenvalue weighted by molar-refractivity contribution is 5.62. The second-order valence-electron chi connectivity index (χ2n) is 8.75. The van der Waals surface area contributed by atoms with Gasteiger partial charge in [-0.15, -0.1) is 0 Å². The fourth-order valence-corrected chi connectivity index (χ4v) is 3.90. The van der Waals surface area contributed by atoms with E-state index in [1.807, 2.05) is 12.1 Å². The van der Waals surface area contributed by atoms with Crippen molar-refractivity contribution >= 4 is 0 Å². The highest BCUT2D eigenvalue weighted by atomic mass is 16.5. The number of pyridine rings is 2. The first kappa shape index (κ1) is 26.2. The number of aromatic nitrogens is 2. The van der Waals surface area contributed by atoms with Crippen molar-refractivity contribution in [3.63, 3.8) is 0 Å². The van der Waals surface area contributed by atoms with Crippen LogP contribution in [-0.4, -0.2) is 26.4 Å². The molecule has 37 heavy (non-hydrogen) atoms. The molecule has 2 aromatic heterocycles. The molecule has 0 radical (unpaired) electrons. The van der Waals surface area contributed by atoms with Crippen LogP contribution in [0, 0.1) is 0 Å². The van der Waals surface area contributed by atoms with Crippen LogP contribution in [0.4, 0.5) is 0 Å². The van der Waals surface area contributed by atoms with Gasteiger partial charge in [-0.3, -0.25) is 0 Å². The summed E-state index contributed by atoms with van der Waals surface area (Å²) in [5, 5.41) is 0. The molecular formula is C33H36N2O2+2. The molecule has 0 aliphatic carbocycles. The van der Waals surface area contributed by atoms with Crippen molar-refractivity contribution in [1.82, 2.24) is 0 Å². The van der Waals surface area contributed by atoms with Crippen molar-refractivity contribution in [2.24, 2.45) is 0 Å². The first-order valence-corrected chi connectivity index (χ1v) is 12.9. The predicted octanol–water partition coefficient (Wildman–Crippen LogP) is 5.83. The van der Waals surface area contributed by atoms with E-state index in [1.165, 1.54) is 22.3 Å². The van der Waals surface area contributed by atoms with Gasteiger partial charge in [-0.25, -0.2) is 9.13 Å². The summed E-state index contributed by atoms with van der Waals surface area (Å²) in [6.07, 6.45) is 17.8. The molecule has 0 fully saturated rings. The number of hydrogen-bond acceptors (Lipinski definition) is 2. The Hall–Kier alpha value is -3.86. The van der Waals surface area contributed by atoms with Crippen LogP contribution in [0.25, 0.3) is 22.3 Å². The van der Waals surface area contributed by atoms with Crippen molar-refractivity contribution in [2.75, 3.05) is 26.4 Å². The summed E-state index contributed by atoms with van der Waals surface area (Å²) >= 11 is 0. The summed E-state index contributed by atoms with van der Waals surface area (Å²) in [4.78, 5) is 0. The quantitative estimate of drug-likeness (QED) is 0.126. The second kappa shape index (κ2) is 15.3. The van der Waals surface area contributed by atoms with Gasteiger partial charge in [0.15, 0.2) is 37.9 Å². The molecule has 4 rings (SSSR count). The molecule has 0 saturated carbocycles. The Morgan fingerprint density at radius 3 is 1.24 bits per heavy atom. The molecule has 2 heterocycles. The van der Waals surface area contributed by atoms with Crippen LogP contribution in [0.5, 0.6) is 0 Å². The Bertz CT molecular complexity index is 1120. The summed E-state index contributed by atoms with van der Waals surface area (Å²) in [6.45, 7) is 4.34. The number of benzene rings is 2. The predicted molar refractivity (Wildman–Crippen MR) is 149 cm³/mol. The third kappa shape index (κ3) is 9.26. The lowest BCUT2D eigenvalue weighted by molar-refractivity contribution is -0.687. The third-order valence-electron chi connectivity index (χ3n) is 5.97. The number of hydrogen-bond donors (Lipinski definition) is 0. The lowest BCUT2D eigenvalue weighted by Gasteiger charge is -2.02. The van der Waals surface area contributed by atoms with Crippen LogP contribution in [0.1, 0.15) is 6.42 Å². The minimum Gasteiger partial charge on any atom is -0.377 e. The highest BCUT2D eigenvalue weighted by Crippen LogP contribution is 2.17. The lowest BCUT2D eigenvalue weighted by atomic mass is 10.1. The minimum atomic E-state index is 0.628. The van der Waals surface area contributed by atoms with Gasteiger partial charge in [-0.2, -0.15) is 0 Å². The van der Waals surface area contributed by atoms with Crippen LogP contribution < -0.4 is 9.13 Å². The van der Waals surface area contributed by atoms with E-state index in [2.05, 4.69) is 131 Å². The maximum absolute atomic E-state index is 5.68. The zero-order valence-corrected chi connectivity index (χ0v) is 21.4. The topological polar surface area (TPSA) is 26.2 Å². The molecule has 0 aliphatic rings. The van der Waals surface area contributed by atoms with E-state index in [-0.39, 0.29) is 0 Å². The summed E-state index contributed by atoms with van der Waals surface area (Å²) in [6, 6.07) is 29.5. The molecule has 0 saturated heterocycles. The molecule has 0 amide bonds. The molecule has 4 aromatic rings. The zero-order chi connectivity index (χ0) is 25.4. The van der Waals surface area contributed by atoms with E-state index in [1.54, 1.807) is 0 Å². The van der Waals surface area contributed by atoms with Crippen LogP contribution in [0.15, 0.2) is 134 Å². The van der Waals surface area contributed by atoms with E-state index in [4.69, 9.17) is 9.47 Å². The molecule has 4 nitrogen and oxygen atoms in total. The summed E-state index contributed by atoms with van der Waals surface area (Å²) in [7, 11) is 0. The maximum atomic E-state index is 5.68. The van der Waals surface area contributed by atoms with Crippen molar-refractivity contribution in [3.8, 4) is 22.3 Å². The van der Waals surface area contributed by atoms with Gasteiger partial charge in [-0.05, 0) is 40.8 Å². The van der Waals surface area contributed by atoms with Crippen LogP contribution in [0.2, 0.25) is 0 Å². The third-order valence-corrected chi connectivity index (χ3v) is 5.97. The van der Waals surface area contributed by atoms with Gasteiger partial charge in [-0.1, -0.05) is 72.8 Å². The Kier molecular flexibility index (Phi) is 10.8. The zero-order valence-electron chi connectivity index (χ0n) is 21.4. The fourth-order valence-electron chi connectivity index (χ4n) is 3.90. The van der Waals surface area contributed by atoms with E-state index < -0.39 is 0 Å². The molecule has 0 aliphatic heterocycles. The smallest absolute Gasteiger partial charge is 0.169 e. The molecular weight excluding hydrogens is 456 g/mol. The number of nitrogens with zero attached hydrogens (tertiary/aromatic N) is 2. The molecule has 2 aromatic carbocycles. The van der Waals surface area contributed by atoms with Crippen molar-refractivity contribution in [1.29, 1.82) is 0 Å². The average molecular weight is 493 g/mol. The minimum absolute atomic E-state index is 0.628. The van der Waals surface area contributed by atoms with Crippen molar-refractivity contribution in [2.45, 2.75) is 19.5 Å². The normalized spacial score (nSPS) is 11.5. The van der Waals surface area contributed by atoms with Gasteiger partial charge in [0, 0.05) is 37.5 Å². The number of ether oxygens (including phenoxy) is 2. The largest absolute Gasteiger partial charge is 0.377 e. The first-order chi connectivity index (χ1) is 18.4. The van der Waals surface area contributed by atoms with Crippen molar-refractivity contribution in [3.05, 3.63) is 134 Å². The Morgan fingerprint density at radius 2 is 0.838 bits per heavy atom. The molecule has 0 spiro atoms. The van der Waals surface area contributed by atoms with Crippen LogP contribution in [-0.2, 0) is 22.6 Å². The van der Waals surface area contributed by atoms with Gasteiger partial charge < -0.3 is 9.47 Å². The number of allylic oxidation sites excluding steroid dienone is 2. The van der Waals surface area contributed by atoms with Gasteiger partial charge in [0.1, 0.15) is 0 Å². The summed E-state index contributed by atoms with van der Waals surface area (Å²) in [5.41, 5.74) is 4.94. The number of rotatable bonds is 14. The van der Waals surface area contributed by atoms with E-state index >= 15 is 0 Å². The SMILES string of the molecule is C(=C\C[n+]1ccc(-c2ccccc2)cc1)/COCCCOC/C=C/C[n+]1ccc(-c2ccccc2)cc1. The first-order valence-electron chi connectivity index (χ1n) is 12.9. The van der Waals surface area contributed by atoms with Gasteiger partial charge in [0.2, 0.25) is 0 Å². The fraction of sp³-hybridized carbons (Fsp3) is 0.212. The van der Waals surface area contributed by atoms with Gasteiger partial charge in [0.25, 0.3) is 0 Å². The van der Waals surface area contributed by atoms with Crippen LogP contribution >= 0.6 is 0 Å². The van der Waals surface area contributed by atoms with Gasteiger partial charge >= 0.3 is 0 Å². The molecule has 0 N–H and O–H groups in total. The van der Waals surface area contributed by atoms with E-state index in [0.717, 1.165) is 19.5 Å². The highest BCUT2D eigenvalue weighted by Gasteiger charge is 2.02. The Morgan fingerprint density at radius 1 is 0.459 bits per heavy atom. The second-order valence-corrected chi connectivity index (χ2v) is 8.75. The monoisotopic (exact) mass is 492 g/mol. The van der Waals surface area contributed by atoms with Crippen molar-refractivity contribution < 1.29 is 18.6 Å². The average Bonchev–Trinajstić information content (AvgIpc) is 2.97. The standard InChI is InChI=1S/C33H36N2O2/c1-3-12-30(13-4-1)32-16-22-34(23-17-32)20-7-9-26-36-28-11-29-37-27-10-8-21-35-24-18-33(19-25-35)31-14-5-2-6-15-31/h1-10,12-19,22-25H,11,20-21,26-29H2/q+2/b9-7+,10-8+. The molecule has 0 bridgehead atoms. The van der Waals surface area contributed by atoms with E-state index in [0.29, 0.717) is 26.4 Å².